The molecule has 0 saturated carbocycles. The van der Waals surface area contributed by atoms with E-state index in [1.54, 1.807) is 69.9 Å². The molecule has 6 aliphatic heterocycles. The maximum absolute atomic E-state index is 13.3. The second-order valence-electron chi connectivity index (χ2n) is 22.6. The Hall–Kier alpha value is -10.7. The van der Waals surface area contributed by atoms with Crippen LogP contribution >= 0.6 is 0 Å². The van der Waals surface area contributed by atoms with Gasteiger partial charge in [-0.1, -0.05) is 18.2 Å². The van der Waals surface area contributed by atoms with Crippen LogP contribution in [0.5, 0.6) is 5.75 Å². The summed E-state index contributed by atoms with van der Waals surface area (Å²) < 4.78 is 42.9. The van der Waals surface area contributed by atoms with Crippen LogP contribution in [-0.2, 0) is 0 Å². The molecule has 28 nitrogen and oxygen atoms in total. The number of ketones is 2. The average molecular weight is 1310 g/mol. The Morgan fingerprint density at radius 1 is 0.589 bits per heavy atom. The van der Waals surface area contributed by atoms with E-state index in [4.69, 9.17) is 14.9 Å². The molecule has 6 aromatic rings. The summed E-state index contributed by atoms with van der Waals surface area (Å²) >= 11 is 0. The number of hydrogen-bond acceptors (Lipinski definition) is 20. The number of fused-ring (bicyclic) bond motifs is 12. The minimum Gasteiger partial charge on any atom is -0.491 e. The summed E-state index contributed by atoms with van der Waals surface area (Å²) in [5.41, 5.74) is 2.96. The first-order valence-electron chi connectivity index (χ1n) is 30.7. The Morgan fingerprint density at radius 3 is 1.54 bits per heavy atom. The summed E-state index contributed by atoms with van der Waals surface area (Å²) in [7, 11) is 0. The molecule has 8 amide bonds. The Balaban J connectivity index is 0.000000156. The van der Waals surface area contributed by atoms with Gasteiger partial charge in [0.15, 0.2) is 29.0 Å². The van der Waals surface area contributed by atoms with Gasteiger partial charge in [-0.2, -0.15) is 13.2 Å². The Morgan fingerprint density at radius 2 is 1.06 bits per heavy atom. The number of Topliss-reactive ketones (excluding diaryl/α,β-unsaturated/α-hetero) is 2. The number of alkyl halides is 3. The van der Waals surface area contributed by atoms with E-state index >= 15 is 0 Å². The number of aliphatic hydroxyl groups excluding tert-OH is 3. The summed E-state index contributed by atoms with van der Waals surface area (Å²) in [5.74, 6) is 0.792. The van der Waals surface area contributed by atoms with Crippen molar-refractivity contribution in [3.63, 3.8) is 0 Å². The summed E-state index contributed by atoms with van der Waals surface area (Å²) in [6.45, 7) is 9.46. The molecule has 12 heterocycles. The minimum atomic E-state index is -4.57. The molecule has 6 bridgehead atoms. The number of urea groups is 3. The van der Waals surface area contributed by atoms with E-state index in [1.165, 1.54) is 41.6 Å². The molecule has 3 fully saturated rings. The second kappa shape index (κ2) is 30.4. The SMILES string of the molecule is C=CCCC(=O)c1ccc2c(n1)N(C(=O)Nc1cc(OC[C@H](O)CO)ccn1)[C@H]1CCN2C1.C=CCCC(=O)c1ccc2c(n1)N(C(=O)Nc1ccccn1)[C@H]1CCN2C1.O=C(NCCO)c1ccnc(NC(=O)N2c3nc(C(=O)NCC(F)(F)F)ccc3N3CC[C@H]2C3)c1. The molecular weight excluding hydrogens is 1240 g/mol. The third kappa shape index (κ3) is 16.2. The number of nitrogens with zero attached hydrogens (tertiary/aromatic N) is 12. The van der Waals surface area contributed by atoms with Crippen LogP contribution in [0.2, 0.25) is 0 Å². The quantitative estimate of drug-likeness (QED) is 0.0304. The van der Waals surface area contributed by atoms with Crippen LogP contribution in [0.25, 0.3) is 0 Å². The normalized spacial score (nSPS) is 17.1. The molecule has 0 unspecified atom stereocenters. The summed E-state index contributed by atoms with van der Waals surface area (Å²) in [4.78, 5) is 126. The fraction of sp³-hybridized carbons (Fsp3) is 0.359. The van der Waals surface area contributed by atoms with Gasteiger partial charge in [0.1, 0.15) is 59.5 Å². The summed E-state index contributed by atoms with van der Waals surface area (Å²) in [6.07, 6.45) is 6.42. The van der Waals surface area contributed by atoms with E-state index in [-0.39, 0.29) is 84.2 Å². The largest absolute Gasteiger partial charge is 0.491 e. The van der Waals surface area contributed by atoms with Gasteiger partial charge in [-0.3, -0.25) is 49.8 Å². The first-order chi connectivity index (χ1) is 45.8. The molecule has 0 radical (unpaired) electrons. The first kappa shape index (κ1) is 67.2. The Kier molecular flexibility index (Phi) is 21.5. The molecule has 0 aromatic carbocycles. The predicted molar refractivity (Wildman–Crippen MR) is 346 cm³/mol. The number of pyridine rings is 6. The summed E-state index contributed by atoms with van der Waals surface area (Å²) in [6, 6.07) is 19.8. The first-order valence-corrected chi connectivity index (χ1v) is 30.7. The van der Waals surface area contributed by atoms with Crippen molar-refractivity contribution in [3.8, 4) is 5.75 Å². The van der Waals surface area contributed by atoms with E-state index < -0.39 is 49.3 Å². The monoisotopic (exact) mass is 1310 g/mol. The van der Waals surface area contributed by atoms with Crippen LogP contribution in [0.4, 0.5) is 79.5 Å². The third-order valence-electron chi connectivity index (χ3n) is 16.1. The highest BCUT2D eigenvalue weighted by Crippen LogP contribution is 2.42. The van der Waals surface area contributed by atoms with Gasteiger partial charge in [-0.15, -0.1) is 13.2 Å². The van der Waals surface area contributed by atoms with Crippen LogP contribution in [-0.4, -0.2) is 189 Å². The van der Waals surface area contributed by atoms with Crippen molar-refractivity contribution in [1.29, 1.82) is 0 Å². The van der Waals surface area contributed by atoms with Gasteiger partial charge in [0.25, 0.3) is 11.8 Å². The molecule has 3 saturated heterocycles. The van der Waals surface area contributed by atoms with Gasteiger partial charge in [0.2, 0.25) is 0 Å². The average Bonchev–Trinajstić information content (AvgIpc) is 1.70. The number of ether oxygens (including phenoxy) is 1. The smallest absolute Gasteiger partial charge is 0.405 e. The van der Waals surface area contributed by atoms with Crippen molar-refractivity contribution in [2.24, 2.45) is 0 Å². The lowest BCUT2D eigenvalue weighted by Gasteiger charge is -2.35. The van der Waals surface area contributed by atoms with E-state index in [2.05, 4.69) is 74.1 Å². The van der Waals surface area contributed by atoms with E-state index in [0.29, 0.717) is 92.0 Å². The second-order valence-corrected chi connectivity index (χ2v) is 22.6. The fourth-order valence-electron chi connectivity index (χ4n) is 11.5. The maximum Gasteiger partial charge on any atom is 0.405 e. The maximum atomic E-state index is 13.3. The molecule has 0 aliphatic carbocycles. The van der Waals surface area contributed by atoms with Crippen molar-refractivity contribution in [2.75, 3.05) is 118 Å². The van der Waals surface area contributed by atoms with Crippen LogP contribution in [0, 0.1) is 0 Å². The zero-order valence-corrected chi connectivity index (χ0v) is 51.5. The molecule has 12 rings (SSSR count). The van der Waals surface area contributed by atoms with Crippen LogP contribution < -0.4 is 60.7 Å². The standard InChI is InChI=1S/C23H27N5O5.C21H22F3N7O4.C20H21N5O2/c1-2-3-4-20(31)18-5-6-19-22(25-18)28(15-8-10-27(19)12-15)23(32)26-21-11-17(7-9-24-21)33-14-16(30)13-29;22-21(23,24)11-27-19(34)14-1-2-15-17(28-14)31(13-4-7-30(15)10-13)20(35)29-16-9-12(3-5-25-16)18(33)26-6-8-32;1-2-3-6-17(26)15-8-9-16-19(22-15)25(14-10-12-24(16)13-14)20(27)23-18-7-4-5-11-21-18/h2,5-7,9,11,15-16,29-30H,1,3-4,8,10,12-14H2,(H,24,26,32);1-3,5,9,13,32H,4,6-8,10-11H2,(H,26,33)(H,27,34)(H,25,29,35);2,4-5,7-9,11,14H,1,3,6,10,12-13H2,(H,21,23,27)/t15-,16+;13-;14-/m000/s1. The predicted octanol–water partition coefficient (Wildman–Crippen LogP) is 6.37. The number of hydrogen-bond donors (Lipinski definition) is 8. The molecule has 6 aromatic heterocycles. The molecule has 8 N–H and O–H groups in total. The van der Waals surface area contributed by atoms with Crippen molar-refractivity contribution in [3.05, 3.63) is 145 Å². The molecule has 95 heavy (non-hydrogen) atoms. The third-order valence-corrected chi connectivity index (χ3v) is 16.1. The van der Waals surface area contributed by atoms with Crippen molar-refractivity contribution < 1.29 is 66.8 Å². The molecule has 6 aliphatic rings. The number of carbonyl (C=O) groups is 7. The van der Waals surface area contributed by atoms with Gasteiger partial charge < -0.3 is 45.4 Å². The van der Waals surface area contributed by atoms with Gasteiger partial charge in [0, 0.05) is 88.9 Å². The fourth-order valence-corrected chi connectivity index (χ4v) is 11.5. The molecular formula is C64H70F3N17O11. The summed E-state index contributed by atoms with van der Waals surface area (Å²) in [5, 5.41) is 39.8. The van der Waals surface area contributed by atoms with Crippen LogP contribution in [0.1, 0.15) is 86.8 Å². The van der Waals surface area contributed by atoms with Gasteiger partial charge >= 0.3 is 24.3 Å². The number of allylic oxidation sites excluding steroid dienone is 2. The van der Waals surface area contributed by atoms with E-state index in [1.807, 2.05) is 23.1 Å². The number of nitrogens with one attached hydrogen (secondary N) is 5. The van der Waals surface area contributed by atoms with Crippen molar-refractivity contribution in [1.82, 2.24) is 40.5 Å². The molecule has 498 valence electrons. The van der Waals surface area contributed by atoms with E-state index in [9.17, 15) is 51.8 Å². The van der Waals surface area contributed by atoms with Crippen LogP contribution in [0.15, 0.2) is 123 Å². The number of anilines is 9. The van der Waals surface area contributed by atoms with Crippen LogP contribution in [0.3, 0.4) is 0 Å². The number of rotatable bonds is 20. The lowest BCUT2D eigenvalue weighted by molar-refractivity contribution is -0.123. The minimum absolute atomic E-state index is 0.0345. The lowest BCUT2D eigenvalue weighted by Crippen LogP contribution is -2.48. The topological polar surface area (TPSA) is 346 Å². The highest BCUT2D eigenvalue weighted by molar-refractivity contribution is 6.08. The van der Waals surface area contributed by atoms with Gasteiger partial charge in [-0.25, -0.2) is 44.3 Å². The lowest BCUT2D eigenvalue weighted by atomic mass is 10.1. The van der Waals surface area contributed by atoms with Crippen molar-refractivity contribution >= 4 is 93.4 Å². The highest BCUT2D eigenvalue weighted by atomic mass is 19.4. The molecule has 31 heteroatoms. The zero-order chi connectivity index (χ0) is 67.3. The zero-order valence-electron chi connectivity index (χ0n) is 51.5. The number of amides is 8. The number of halogens is 3. The van der Waals surface area contributed by atoms with Gasteiger partial charge in [-0.05, 0) is 98.8 Å². The molecule has 4 atom stereocenters. The van der Waals surface area contributed by atoms with Crippen molar-refractivity contribution in [2.45, 2.75) is 75.4 Å². The van der Waals surface area contributed by atoms with E-state index in [0.717, 1.165) is 43.9 Å². The number of aromatic nitrogens is 6. The number of aliphatic hydroxyl groups is 3. The molecule has 0 spiro atoms. The Bertz CT molecular complexity index is 3850. The Labute approximate surface area is 542 Å². The highest BCUT2D eigenvalue weighted by Gasteiger charge is 2.44. The van der Waals surface area contributed by atoms with Gasteiger partial charge in [0.05, 0.1) is 48.4 Å². The number of carbonyl (C=O) groups excluding carboxylic acids is 7.